The number of hydrogen-bond donors (Lipinski definition) is 0. The van der Waals surface area contributed by atoms with Crippen LogP contribution in [0, 0.1) is 3.57 Å². The summed E-state index contributed by atoms with van der Waals surface area (Å²) < 4.78 is 12.5. The van der Waals surface area contributed by atoms with E-state index in [1.165, 1.54) is 3.57 Å². The van der Waals surface area contributed by atoms with Gasteiger partial charge in [0.1, 0.15) is 18.0 Å². The maximum absolute atomic E-state index is 12.2. The van der Waals surface area contributed by atoms with E-state index in [2.05, 4.69) is 34.4 Å². The molecule has 0 saturated carbocycles. The van der Waals surface area contributed by atoms with Crippen LogP contribution in [0.2, 0.25) is 0 Å². The summed E-state index contributed by atoms with van der Waals surface area (Å²) in [6.07, 6.45) is -0.218. The molecule has 0 aliphatic carbocycles. The van der Waals surface area contributed by atoms with E-state index in [1.54, 1.807) is 0 Å². The molecule has 1 atom stereocenters. The second kappa shape index (κ2) is 8.38. The lowest BCUT2D eigenvalue weighted by molar-refractivity contribution is 0.000361. The van der Waals surface area contributed by atoms with Crippen molar-refractivity contribution in [2.24, 2.45) is 0 Å². The zero-order chi connectivity index (χ0) is 17.7. The average Bonchev–Trinajstić information content (AvgIpc) is 2.45. The fraction of sp³-hybridized carbons (Fsp3) is 0.611. The largest absolute Gasteiger partial charge is 0.492 e. The van der Waals surface area contributed by atoms with Gasteiger partial charge in [0.15, 0.2) is 0 Å². The highest BCUT2D eigenvalue weighted by Gasteiger charge is 2.30. The lowest BCUT2D eigenvalue weighted by Crippen LogP contribution is -2.55. The molecule has 0 N–H and O–H groups in total. The van der Waals surface area contributed by atoms with Crippen molar-refractivity contribution >= 4 is 28.7 Å². The van der Waals surface area contributed by atoms with Gasteiger partial charge in [-0.3, -0.25) is 4.90 Å². The number of amides is 1. The third-order valence-corrected chi connectivity index (χ3v) is 4.48. The molecule has 24 heavy (non-hydrogen) atoms. The van der Waals surface area contributed by atoms with Crippen LogP contribution in [-0.2, 0) is 4.74 Å². The molecule has 5 nitrogen and oxygen atoms in total. The zero-order valence-corrected chi connectivity index (χ0v) is 17.1. The Hall–Kier alpha value is -1.02. The van der Waals surface area contributed by atoms with Gasteiger partial charge in [-0.2, -0.15) is 0 Å². The summed E-state index contributed by atoms with van der Waals surface area (Å²) in [4.78, 5) is 16.4. The highest BCUT2D eigenvalue weighted by atomic mass is 127. The second-order valence-electron chi connectivity index (χ2n) is 7.13. The number of carbonyl (C=O) groups is 1. The lowest BCUT2D eigenvalue weighted by atomic mass is 10.2. The maximum atomic E-state index is 12.2. The Balaban J connectivity index is 1.75. The summed E-state index contributed by atoms with van der Waals surface area (Å²) in [5.41, 5.74) is -0.449. The first-order valence-electron chi connectivity index (χ1n) is 8.35. The Morgan fingerprint density at radius 1 is 1.33 bits per heavy atom. The fourth-order valence-corrected chi connectivity index (χ4v) is 3.19. The van der Waals surface area contributed by atoms with E-state index >= 15 is 0 Å². The number of halogens is 1. The lowest BCUT2D eigenvalue weighted by Gasteiger charge is -2.40. The van der Waals surface area contributed by atoms with E-state index < -0.39 is 5.60 Å². The highest BCUT2D eigenvalue weighted by molar-refractivity contribution is 14.1. The van der Waals surface area contributed by atoms with E-state index in [-0.39, 0.29) is 12.1 Å². The molecule has 2 rings (SSSR count). The van der Waals surface area contributed by atoms with Gasteiger partial charge in [0, 0.05) is 35.8 Å². The number of carbonyl (C=O) groups excluding carboxylic acids is 1. The predicted octanol–water partition coefficient (Wildman–Crippen LogP) is 3.61. The molecule has 134 valence electrons. The van der Waals surface area contributed by atoms with Gasteiger partial charge in [0.25, 0.3) is 0 Å². The van der Waals surface area contributed by atoms with Crippen LogP contribution in [0.15, 0.2) is 24.3 Å². The Morgan fingerprint density at radius 3 is 2.71 bits per heavy atom. The van der Waals surface area contributed by atoms with Gasteiger partial charge >= 0.3 is 6.09 Å². The molecule has 1 fully saturated rings. The van der Waals surface area contributed by atoms with Crippen molar-refractivity contribution in [2.45, 2.75) is 39.3 Å². The number of piperazine rings is 1. The first-order valence-corrected chi connectivity index (χ1v) is 9.43. The molecule has 1 heterocycles. The highest BCUT2D eigenvalue weighted by Crippen LogP contribution is 2.17. The summed E-state index contributed by atoms with van der Waals surface area (Å²) in [6, 6.07) is 8.20. The monoisotopic (exact) mass is 446 g/mol. The van der Waals surface area contributed by atoms with Gasteiger partial charge in [-0.15, -0.1) is 0 Å². The van der Waals surface area contributed by atoms with Crippen molar-refractivity contribution in [3.8, 4) is 5.75 Å². The molecule has 6 heteroatoms. The van der Waals surface area contributed by atoms with E-state index in [0.717, 1.165) is 25.4 Å². The Morgan fingerprint density at radius 2 is 2.08 bits per heavy atom. The van der Waals surface area contributed by atoms with Crippen molar-refractivity contribution < 1.29 is 14.3 Å². The normalized spacial score (nSPS) is 19.2. The molecular formula is C18H27IN2O3. The van der Waals surface area contributed by atoms with Crippen LogP contribution in [0.3, 0.4) is 0 Å². The van der Waals surface area contributed by atoms with Crippen molar-refractivity contribution in [3.05, 3.63) is 27.8 Å². The van der Waals surface area contributed by atoms with Crippen LogP contribution in [-0.4, -0.2) is 60.3 Å². The Bertz CT molecular complexity index is 559. The molecule has 1 aliphatic heterocycles. The molecule has 0 spiro atoms. The minimum atomic E-state index is -0.449. The third kappa shape index (κ3) is 6.12. The average molecular weight is 446 g/mol. The number of rotatable bonds is 4. The van der Waals surface area contributed by atoms with Crippen LogP contribution >= 0.6 is 22.6 Å². The standard InChI is InChI=1S/C18H27IN2O3/c1-14-13-20(8-9-21(14)17(22)24-18(2,3)4)10-11-23-16-7-5-6-15(19)12-16/h5-7,12,14H,8-11,13H2,1-4H3/t14-/m0/s1. The third-order valence-electron chi connectivity index (χ3n) is 3.81. The first-order chi connectivity index (χ1) is 11.2. The van der Waals surface area contributed by atoms with Crippen molar-refractivity contribution in [2.75, 3.05) is 32.8 Å². The first kappa shape index (κ1) is 19.3. The van der Waals surface area contributed by atoms with Crippen LogP contribution in [0.25, 0.3) is 0 Å². The molecule has 0 radical (unpaired) electrons. The molecule has 1 saturated heterocycles. The predicted molar refractivity (Wildman–Crippen MR) is 103 cm³/mol. The molecule has 0 aromatic heterocycles. The van der Waals surface area contributed by atoms with Gasteiger partial charge in [0.2, 0.25) is 0 Å². The summed E-state index contributed by atoms with van der Waals surface area (Å²) in [7, 11) is 0. The Labute approximate surface area is 158 Å². The van der Waals surface area contributed by atoms with E-state index in [9.17, 15) is 4.79 Å². The molecule has 1 aromatic rings. The van der Waals surface area contributed by atoms with E-state index in [0.29, 0.717) is 13.2 Å². The van der Waals surface area contributed by atoms with Crippen LogP contribution in [0.1, 0.15) is 27.7 Å². The van der Waals surface area contributed by atoms with Gasteiger partial charge in [0.05, 0.1) is 0 Å². The van der Waals surface area contributed by atoms with Crippen molar-refractivity contribution in [1.82, 2.24) is 9.80 Å². The minimum absolute atomic E-state index is 0.145. The molecule has 0 bridgehead atoms. The maximum Gasteiger partial charge on any atom is 0.410 e. The quantitative estimate of drug-likeness (QED) is 0.663. The van der Waals surface area contributed by atoms with Gasteiger partial charge < -0.3 is 14.4 Å². The summed E-state index contributed by atoms with van der Waals surface area (Å²) in [5.74, 6) is 0.905. The minimum Gasteiger partial charge on any atom is -0.492 e. The SMILES string of the molecule is C[C@H]1CN(CCOc2cccc(I)c2)CCN1C(=O)OC(C)(C)C. The number of ether oxygens (including phenoxy) is 2. The molecule has 0 unspecified atom stereocenters. The molecule has 1 aromatic carbocycles. The van der Waals surface area contributed by atoms with Crippen LogP contribution < -0.4 is 4.74 Å². The molecule has 1 amide bonds. The number of benzene rings is 1. The summed E-state index contributed by atoms with van der Waals surface area (Å²) in [5, 5.41) is 0. The van der Waals surface area contributed by atoms with Crippen LogP contribution in [0.4, 0.5) is 4.79 Å². The molecule has 1 aliphatic rings. The van der Waals surface area contributed by atoms with Gasteiger partial charge in [-0.1, -0.05) is 6.07 Å². The zero-order valence-electron chi connectivity index (χ0n) is 14.9. The van der Waals surface area contributed by atoms with Gasteiger partial charge in [-0.05, 0) is 68.5 Å². The summed E-state index contributed by atoms with van der Waals surface area (Å²) >= 11 is 2.28. The molecular weight excluding hydrogens is 419 g/mol. The van der Waals surface area contributed by atoms with Crippen LogP contribution in [0.5, 0.6) is 5.75 Å². The Kier molecular flexibility index (Phi) is 6.74. The summed E-state index contributed by atoms with van der Waals surface area (Å²) in [6.45, 7) is 11.6. The fourth-order valence-electron chi connectivity index (χ4n) is 2.68. The van der Waals surface area contributed by atoms with E-state index in [1.807, 2.05) is 49.9 Å². The van der Waals surface area contributed by atoms with E-state index in [4.69, 9.17) is 9.47 Å². The second-order valence-corrected chi connectivity index (χ2v) is 8.37. The number of hydrogen-bond acceptors (Lipinski definition) is 4. The van der Waals surface area contributed by atoms with Gasteiger partial charge in [-0.25, -0.2) is 4.79 Å². The smallest absolute Gasteiger partial charge is 0.410 e. The topological polar surface area (TPSA) is 42.0 Å². The van der Waals surface area contributed by atoms with Crippen molar-refractivity contribution in [1.29, 1.82) is 0 Å². The van der Waals surface area contributed by atoms with Crippen molar-refractivity contribution in [3.63, 3.8) is 0 Å². The number of nitrogens with zero attached hydrogens (tertiary/aromatic N) is 2.